The second-order valence-electron chi connectivity index (χ2n) is 12.2. The zero-order valence-electron chi connectivity index (χ0n) is 28.5. The molecule has 0 unspecified atom stereocenters. The highest BCUT2D eigenvalue weighted by Crippen LogP contribution is 2.43. The summed E-state index contributed by atoms with van der Waals surface area (Å²) in [6, 6.07) is 17.4. The number of hydrogen-bond donors (Lipinski definition) is 7. The Labute approximate surface area is 313 Å². The van der Waals surface area contributed by atoms with Gasteiger partial charge in [-0.3, -0.25) is 13.7 Å². The van der Waals surface area contributed by atoms with Crippen molar-refractivity contribution in [3.8, 4) is 11.5 Å². The van der Waals surface area contributed by atoms with Crippen LogP contribution < -0.4 is 31.1 Å². The number of anilines is 4. The van der Waals surface area contributed by atoms with Gasteiger partial charge in [-0.1, -0.05) is 43.0 Å². The van der Waals surface area contributed by atoms with Gasteiger partial charge in [0.2, 0.25) is 0 Å². The van der Waals surface area contributed by atoms with Gasteiger partial charge in [-0.2, -0.15) is 25.3 Å². The van der Waals surface area contributed by atoms with Crippen molar-refractivity contribution in [3.05, 3.63) is 123 Å². The summed E-state index contributed by atoms with van der Waals surface area (Å²) in [4.78, 5) is 22.5. The molecule has 0 saturated carbocycles. The van der Waals surface area contributed by atoms with Crippen LogP contribution in [0.2, 0.25) is 0 Å². The molecule has 16 nitrogen and oxygen atoms in total. The largest absolute Gasteiger partial charge is 0.478 e. The minimum atomic E-state index is -5.12. The van der Waals surface area contributed by atoms with Crippen molar-refractivity contribution in [2.24, 2.45) is 0 Å². The van der Waals surface area contributed by atoms with Crippen LogP contribution in [0.25, 0.3) is 12.2 Å². The summed E-state index contributed by atoms with van der Waals surface area (Å²) in [5, 5.41) is 17.2. The van der Waals surface area contributed by atoms with Crippen LogP contribution in [0.5, 0.6) is 11.5 Å². The molecule has 7 N–H and O–H groups in total. The van der Waals surface area contributed by atoms with Crippen LogP contribution in [0.1, 0.15) is 32.6 Å². The lowest BCUT2D eigenvalue weighted by molar-refractivity contribution is 0.0698. The highest BCUT2D eigenvalue weighted by molar-refractivity contribution is 7.86. The molecule has 0 spiro atoms. The van der Waals surface area contributed by atoms with E-state index in [1.807, 2.05) is 0 Å². The molecule has 1 aliphatic rings. The predicted octanol–water partition coefficient (Wildman–Crippen LogP) is 4.89. The lowest BCUT2D eigenvalue weighted by atomic mass is 9.92. The molecule has 5 aromatic rings. The Kier molecular flexibility index (Phi) is 9.80. The maximum atomic E-state index is 13.0. The van der Waals surface area contributed by atoms with Gasteiger partial charge in [0.1, 0.15) is 26.2 Å². The molecule has 1 heterocycles. The number of nitrogens with one attached hydrogen (secondary N) is 3. The molecule has 0 fully saturated rings. The first-order chi connectivity index (χ1) is 25.6. The third-order valence-corrected chi connectivity index (χ3v) is 11.3. The van der Waals surface area contributed by atoms with Crippen molar-refractivity contribution in [3.63, 3.8) is 0 Å². The van der Waals surface area contributed by atoms with E-state index in [1.165, 1.54) is 48.5 Å². The molecule has 0 aromatic heterocycles. The Bertz CT molecular complexity index is 2950. The molecule has 55 heavy (non-hydrogen) atoms. The van der Waals surface area contributed by atoms with E-state index in [9.17, 15) is 53.6 Å². The van der Waals surface area contributed by atoms with Crippen molar-refractivity contribution in [1.29, 1.82) is 0 Å². The van der Waals surface area contributed by atoms with E-state index in [1.54, 1.807) is 26.0 Å². The Hall–Kier alpha value is -6.09. The standard InChI is InChI=1S/C36H29N3O13S3/c1-18-12-13-25(38-36(42)39-26-10-6-4-8-21(26)35(40)41)20(3)34(18)37-27-17-29-24(16-32(27)55(49,50)51)33(22-9-5-7-11-30(22)53(43,44)45)23-15-31(54(46,47)48)19(2)14-28(23)52-29/h4-17,37H,2H2,1,3H3,(H,40,41)(H2,38,39,42)(H,43,44,45)(H,46,47,48)(H,49,50,51). The molecule has 284 valence electrons. The van der Waals surface area contributed by atoms with E-state index in [0.29, 0.717) is 11.1 Å². The van der Waals surface area contributed by atoms with Crippen LogP contribution in [0.15, 0.2) is 99.6 Å². The number of carboxylic acid groups (broad SMARTS) is 1. The van der Waals surface area contributed by atoms with E-state index in [4.69, 9.17) is 4.74 Å². The number of hydrogen-bond acceptors (Lipinski definition) is 10. The van der Waals surface area contributed by atoms with Crippen LogP contribution in [0.3, 0.4) is 0 Å². The molecule has 6 rings (SSSR count). The lowest BCUT2D eigenvalue weighted by Gasteiger charge is -2.25. The number of aromatic carboxylic acids is 1. The molecule has 0 aliphatic carbocycles. The van der Waals surface area contributed by atoms with Crippen LogP contribution in [0, 0.1) is 13.8 Å². The van der Waals surface area contributed by atoms with Crippen LogP contribution in [-0.4, -0.2) is 56.0 Å². The number of carbonyl (C=O) groups is 2. The summed E-state index contributed by atoms with van der Waals surface area (Å²) < 4.78 is 112. The monoisotopic (exact) mass is 807 g/mol. The molecular weight excluding hydrogens is 779 g/mol. The highest BCUT2D eigenvalue weighted by atomic mass is 32.2. The maximum absolute atomic E-state index is 13.0. The fourth-order valence-corrected chi connectivity index (χ4v) is 8.10. The van der Waals surface area contributed by atoms with Crippen molar-refractivity contribution in [1.82, 2.24) is 0 Å². The van der Waals surface area contributed by atoms with Crippen molar-refractivity contribution in [2.45, 2.75) is 28.5 Å². The molecule has 0 atom stereocenters. The van der Waals surface area contributed by atoms with Crippen LogP contribution in [-0.2, 0) is 30.4 Å². The maximum Gasteiger partial charge on any atom is 0.337 e. The summed E-state index contributed by atoms with van der Waals surface area (Å²) in [7, 11) is -15.0. The number of amides is 2. The predicted molar refractivity (Wildman–Crippen MR) is 200 cm³/mol. The van der Waals surface area contributed by atoms with Gasteiger partial charge >= 0.3 is 12.0 Å². The number of fused-ring (bicyclic) bond motifs is 2. The van der Waals surface area contributed by atoms with E-state index in [-0.39, 0.29) is 66.9 Å². The minimum absolute atomic E-state index is 0.0274. The minimum Gasteiger partial charge on any atom is -0.478 e. The topological polar surface area (TPSA) is 263 Å². The third-order valence-electron chi connectivity index (χ3n) is 8.58. The quantitative estimate of drug-likeness (QED) is 0.0960. The molecule has 1 aliphatic heterocycles. The van der Waals surface area contributed by atoms with Gasteiger partial charge < -0.3 is 25.8 Å². The summed E-state index contributed by atoms with van der Waals surface area (Å²) in [6.45, 7) is 6.92. The summed E-state index contributed by atoms with van der Waals surface area (Å²) in [5.41, 5.74) is 0.502. The third kappa shape index (κ3) is 7.65. The highest BCUT2D eigenvalue weighted by Gasteiger charge is 2.30. The normalized spacial score (nSPS) is 12.6. The number of urea groups is 1. The summed E-state index contributed by atoms with van der Waals surface area (Å²) in [5.74, 6) is -1.48. The Morgan fingerprint density at radius 3 is 1.93 bits per heavy atom. The molecule has 5 aromatic carbocycles. The van der Waals surface area contributed by atoms with Gasteiger partial charge in [0.25, 0.3) is 30.4 Å². The van der Waals surface area contributed by atoms with Crippen molar-refractivity contribution >= 4 is 77.3 Å². The number of rotatable bonds is 9. The fraction of sp³-hybridized carbons (Fsp3) is 0.0556. The van der Waals surface area contributed by atoms with Gasteiger partial charge in [0.05, 0.1) is 16.9 Å². The van der Waals surface area contributed by atoms with Gasteiger partial charge in [0.15, 0.2) is 0 Å². The Balaban J connectivity index is 1.52. The fourth-order valence-electron chi connectivity index (χ4n) is 6.09. The number of carbonyl (C=O) groups excluding carboxylic acids is 1. The number of ether oxygens (including phenoxy) is 1. The van der Waals surface area contributed by atoms with E-state index < -0.39 is 57.0 Å². The molecule has 0 radical (unpaired) electrons. The molecule has 19 heteroatoms. The van der Waals surface area contributed by atoms with E-state index in [2.05, 4.69) is 22.5 Å². The van der Waals surface area contributed by atoms with Crippen LogP contribution in [0.4, 0.5) is 27.5 Å². The second kappa shape index (κ2) is 14.0. The van der Waals surface area contributed by atoms with E-state index >= 15 is 0 Å². The SMILES string of the molecule is C=c1cc2c(cc1S(=O)(=O)O)=C(c1ccccc1S(=O)(=O)O)c1cc(S(=O)(=O)O)c(Nc3c(C)ccc(NC(=O)Nc4ccccc4C(=O)O)c3C)cc1O2. The smallest absolute Gasteiger partial charge is 0.337 e. The number of carboxylic acids is 1. The zero-order chi connectivity index (χ0) is 40.2. The first kappa shape index (κ1) is 38.6. The summed E-state index contributed by atoms with van der Waals surface area (Å²) in [6.07, 6.45) is 0. The van der Waals surface area contributed by atoms with Crippen molar-refractivity contribution in [2.75, 3.05) is 16.0 Å². The van der Waals surface area contributed by atoms with Crippen LogP contribution >= 0.6 is 0 Å². The Morgan fingerprint density at radius 2 is 1.27 bits per heavy atom. The first-order valence-corrected chi connectivity index (χ1v) is 20.0. The number of para-hydroxylation sites is 1. The first-order valence-electron chi connectivity index (χ1n) is 15.7. The average Bonchev–Trinajstić information content (AvgIpc) is 3.08. The molecular formula is C36H29N3O13S3. The molecule has 0 bridgehead atoms. The van der Waals surface area contributed by atoms with E-state index in [0.717, 1.165) is 24.3 Å². The van der Waals surface area contributed by atoms with Gasteiger partial charge in [-0.15, -0.1) is 0 Å². The number of benzene rings is 5. The second-order valence-corrected chi connectivity index (χ2v) is 16.4. The molecule has 0 saturated heterocycles. The average molecular weight is 808 g/mol. The van der Waals surface area contributed by atoms with Gasteiger partial charge in [0, 0.05) is 39.4 Å². The molecule has 2 amide bonds. The van der Waals surface area contributed by atoms with Crippen molar-refractivity contribution < 1.29 is 58.3 Å². The number of aryl methyl sites for hydroxylation is 1. The zero-order valence-corrected chi connectivity index (χ0v) is 30.9. The summed E-state index contributed by atoms with van der Waals surface area (Å²) >= 11 is 0. The van der Waals surface area contributed by atoms with Gasteiger partial charge in [-0.25, -0.2) is 9.59 Å². The Morgan fingerprint density at radius 1 is 0.655 bits per heavy atom. The lowest BCUT2D eigenvalue weighted by Crippen LogP contribution is -2.25. The van der Waals surface area contributed by atoms with Gasteiger partial charge in [-0.05, 0) is 72.7 Å².